The molecule has 1 aromatic heterocycles. The van der Waals surface area contributed by atoms with Gasteiger partial charge < -0.3 is 4.74 Å². The lowest BCUT2D eigenvalue weighted by Gasteiger charge is -2.40. The molecule has 0 aliphatic rings. The molecule has 6 nitrogen and oxygen atoms in total. The maximum atomic E-state index is 12.4. The fourth-order valence-corrected chi connectivity index (χ4v) is 1.78. The zero-order valence-corrected chi connectivity index (χ0v) is 10.6. The second kappa shape index (κ2) is 4.82. The van der Waals surface area contributed by atoms with Crippen LogP contribution < -0.4 is 4.74 Å². The maximum Gasteiger partial charge on any atom is 0.373 e. The average Bonchev–Trinajstić information content (AvgIpc) is 2.80. The summed E-state index contributed by atoms with van der Waals surface area (Å²) in [6.45, 7) is 0. The minimum absolute atomic E-state index is 0.00934. The summed E-state index contributed by atoms with van der Waals surface area (Å²) in [6.07, 6.45) is 1.43. The molecule has 1 heterocycles. The number of hydrogen-bond acceptors (Lipinski definition) is 5. The molecule has 0 amide bonds. The summed E-state index contributed by atoms with van der Waals surface area (Å²) in [5.41, 5.74) is 0. The first kappa shape index (κ1) is 16.6. The van der Waals surface area contributed by atoms with Gasteiger partial charge in [0.2, 0.25) is 0 Å². The Hall–Kier alpha value is -2.46. The predicted octanol–water partition coefficient (Wildman–Crippen LogP) is 3.67. The van der Waals surface area contributed by atoms with Crippen molar-refractivity contribution in [2.24, 2.45) is 0 Å². The summed E-state index contributed by atoms with van der Waals surface area (Å²) in [5.74, 6) is -0.0513. The van der Waals surface area contributed by atoms with Crippen LogP contribution in [0.4, 0.5) is 19.4 Å². The molecule has 1 N–H and O–H groups in total. The van der Waals surface area contributed by atoms with Gasteiger partial charge in [-0.05, 0) is 24.3 Å². The van der Waals surface area contributed by atoms with Crippen LogP contribution in [-0.4, -0.2) is 21.6 Å². The van der Waals surface area contributed by atoms with E-state index in [1.807, 2.05) is 0 Å². The molecule has 0 atom stereocenters. The van der Waals surface area contributed by atoms with E-state index in [1.165, 1.54) is 6.20 Å². The van der Waals surface area contributed by atoms with Crippen molar-refractivity contribution in [1.82, 2.24) is 15.4 Å². The highest BCUT2D eigenvalue weighted by atomic mass is 32.5. The van der Waals surface area contributed by atoms with E-state index in [2.05, 4.69) is 15.4 Å². The average molecular weight is 331 g/mol. The monoisotopic (exact) mass is 331 g/mol. The van der Waals surface area contributed by atoms with Gasteiger partial charge in [-0.2, -0.15) is 19.9 Å². The Kier molecular flexibility index (Phi) is 3.81. The molecule has 0 unspecified atom stereocenters. The van der Waals surface area contributed by atoms with E-state index in [0.717, 1.165) is 12.1 Å². The van der Waals surface area contributed by atoms with Gasteiger partial charge in [0.05, 0.1) is 0 Å². The number of H-pyrrole nitrogens is 1. The van der Waals surface area contributed by atoms with E-state index in [4.69, 9.17) is 14.3 Å². The van der Waals surface area contributed by atoms with Crippen molar-refractivity contribution in [2.75, 3.05) is 0 Å². The highest BCUT2D eigenvalue weighted by molar-refractivity contribution is 8.45. The van der Waals surface area contributed by atoms with Crippen molar-refractivity contribution in [3.8, 4) is 11.6 Å². The molecular weight excluding hydrogens is 325 g/mol. The minimum Gasteiger partial charge on any atom is -0.436 e. The molecule has 0 radical (unpaired) electrons. The third-order valence-electron chi connectivity index (χ3n) is 1.88. The second-order valence-electron chi connectivity index (χ2n) is 3.43. The number of aromatic nitrogens is 3. The van der Waals surface area contributed by atoms with Gasteiger partial charge in [-0.3, -0.25) is 0 Å². The third kappa shape index (κ3) is 5.20. The molecule has 12 heteroatoms. The Morgan fingerprint density at radius 2 is 1.57 bits per heavy atom. The number of nitrogens with zero attached hydrogens (tertiary/aromatic N) is 2. The molecular formula is C9H6F5N3O3S. The van der Waals surface area contributed by atoms with Crippen molar-refractivity contribution in [3.05, 3.63) is 30.5 Å². The quantitative estimate of drug-likeness (QED) is 0.867. The van der Waals surface area contributed by atoms with E-state index in [1.54, 1.807) is 0 Å². The van der Waals surface area contributed by atoms with Crippen molar-refractivity contribution in [1.29, 1.82) is 0 Å². The molecule has 2 aromatic rings. The van der Waals surface area contributed by atoms with Crippen LogP contribution in [0.15, 0.2) is 35.4 Å². The van der Waals surface area contributed by atoms with Crippen LogP contribution in [0, 0.1) is 0 Å². The molecule has 0 fully saturated rings. The Balaban J connectivity index is 0.000000677. The van der Waals surface area contributed by atoms with Gasteiger partial charge >= 0.3 is 16.4 Å². The number of benzene rings is 1. The van der Waals surface area contributed by atoms with Crippen LogP contribution in [0.2, 0.25) is 0 Å². The molecule has 0 bridgehead atoms. The molecule has 21 heavy (non-hydrogen) atoms. The minimum atomic E-state index is -9.63. The fraction of sp³-hybridized carbons (Fsp3) is 0. The standard InChI is InChI=1S/C8H6F5N3OS.CO2/c9-18(10,11,12,13)7-3-1-6(2-4-7)17-8-5-14-16-15-8;2-1-3/h1-5H,(H,14,15,16);. The summed E-state index contributed by atoms with van der Waals surface area (Å²) in [5, 5.41) is 9.11. The first-order valence-corrected chi connectivity index (χ1v) is 6.78. The third-order valence-corrected chi connectivity index (χ3v) is 3.05. The van der Waals surface area contributed by atoms with Gasteiger partial charge in [0.1, 0.15) is 16.8 Å². The van der Waals surface area contributed by atoms with Crippen LogP contribution in [0.25, 0.3) is 0 Å². The van der Waals surface area contributed by atoms with Gasteiger partial charge in [0.25, 0.3) is 5.88 Å². The van der Waals surface area contributed by atoms with Crippen LogP contribution in [0.5, 0.6) is 11.6 Å². The smallest absolute Gasteiger partial charge is 0.373 e. The summed E-state index contributed by atoms with van der Waals surface area (Å²) >= 11 is 0. The fourth-order valence-electron chi connectivity index (χ4n) is 1.13. The molecule has 0 aliphatic heterocycles. The van der Waals surface area contributed by atoms with Crippen molar-refractivity contribution in [3.63, 3.8) is 0 Å². The Labute approximate surface area is 113 Å². The number of carbonyl (C=O) groups excluding carboxylic acids is 2. The van der Waals surface area contributed by atoms with Crippen LogP contribution >= 0.6 is 10.2 Å². The lowest BCUT2D eigenvalue weighted by molar-refractivity contribution is -0.191. The van der Waals surface area contributed by atoms with E-state index < -0.39 is 15.1 Å². The highest BCUT2D eigenvalue weighted by Gasteiger charge is 2.65. The highest BCUT2D eigenvalue weighted by Crippen LogP contribution is 3.02. The molecule has 0 spiro atoms. The lowest BCUT2D eigenvalue weighted by atomic mass is 10.3. The molecule has 0 saturated heterocycles. The van der Waals surface area contributed by atoms with E-state index >= 15 is 0 Å². The van der Waals surface area contributed by atoms with Crippen LogP contribution in [0.3, 0.4) is 0 Å². The molecule has 1 aromatic carbocycles. The number of ether oxygens (including phenoxy) is 1. The molecule has 2 rings (SSSR count). The Morgan fingerprint density at radius 3 is 1.95 bits per heavy atom. The largest absolute Gasteiger partial charge is 0.436 e. The van der Waals surface area contributed by atoms with Gasteiger partial charge in [-0.25, -0.2) is 0 Å². The van der Waals surface area contributed by atoms with Crippen LogP contribution in [-0.2, 0) is 9.59 Å². The normalized spacial score (nSPS) is 14.0. The van der Waals surface area contributed by atoms with Crippen molar-refractivity contribution < 1.29 is 33.8 Å². The van der Waals surface area contributed by atoms with Gasteiger partial charge in [0, 0.05) is 0 Å². The zero-order chi connectivity index (χ0) is 16.2. The number of aromatic amines is 1. The molecule has 0 aliphatic carbocycles. The zero-order valence-electron chi connectivity index (χ0n) is 9.80. The van der Waals surface area contributed by atoms with Crippen molar-refractivity contribution in [2.45, 2.75) is 4.90 Å². The summed E-state index contributed by atoms with van der Waals surface area (Å²) in [6, 6.07) is 2.08. The topological polar surface area (TPSA) is 84.9 Å². The van der Waals surface area contributed by atoms with Crippen LogP contribution in [0.1, 0.15) is 0 Å². The maximum absolute atomic E-state index is 12.4. The van der Waals surface area contributed by atoms with Gasteiger partial charge in [-0.1, -0.05) is 19.4 Å². The number of nitrogens with one attached hydrogen (secondary N) is 1. The number of hydrogen-bond donors (Lipinski definition) is 1. The summed E-state index contributed by atoms with van der Waals surface area (Å²) < 4.78 is 66.9. The van der Waals surface area contributed by atoms with E-state index in [0.29, 0.717) is 0 Å². The number of halogens is 5. The lowest BCUT2D eigenvalue weighted by Crippen LogP contribution is -2.05. The Morgan fingerprint density at radius 1 is 1.05 bits per heavy atom. The summed E-state index contributed by atoms with van der Waals surface area (Å²) in [7, 11) is -9.63. The molecule has 0 saturated carbocycles. The Bertz CT molecular complexity index is 636. The first-order valence-electron chi connectivity index (χ1n) is 4.83. The van der Waals surface area contributed by atoms with Gasteiger partial charge in [0.15, 0.2) is 0 Å². The second-order valence-corrected chi connectivity index (χ2v) is 5.84. The van der Waals surface area contributed by atoms with E-state index in [9.17, 15) is 19.4 Å². The van der Waals surface area contributed by atoms with E-state index in [-0.39, 0.29) is 29.9 Å². The van der Waals surface area contributed by atoms with Gasteiger partial charge in [-0.15, -0.1) is 5.10 Å². The first-order chi connectivity index (χ1) is 9.46. The predicted molar refractivity (Wildman–Crippen MR) is 59.3 cm³/mol. The summed E-state index contributed by atoms with van der Waals surface area (Å²) in [4.78, 5) is 14.3. The molecule has 116 valence electrons. The van der Waals surface area contributed by atoms with Crippen molar-refractivity contribution >= 4 is 16.4 Å². The number of rotatable bonds is 3. The SMILES string of the molecule is FS(F)(F)(F)(F)c1ccc(Oc2cn[nH]n2)cc1.O=C=O.